The summed E-state index contributed by atoms with van der Waals surface area (Å²) in [5.74, 6) is 0. The molecule has 1 heterocycles. The van der Waals surface area contributed by atoms with E-state index in [1.165, 1.54) is 0 Å². The van der Waals surface area contributed by atoms with E-state index in [0.29, 0.717) is 31.2 Å². The molecule has 0 atom stereocenters. The third-order valence-corrected chi connectivity index (χ3v) is 3.93. The zero-order chi connectivity index (χ0) is 12.3. The Bertz CT molecular complexity index is 481. The summed E-state index contributed by atoms with van der Waals surface area (Å²) < 4.78 is 29.3. The second-order valence-corrected chi connectivity index (χ2v) is 5.67. The van der Waals surface area contributed by atoms with Gasteiger partial charge >= 0.3 is 0 Å². The Kier molecular flexibility index (Phi) is 3.78. The highest BCUT2D eigenvalue weighted by Gasteiger charge is 2.19. The number of hydrogen-bond acceptors (Lipinski definition) is 4. The minimum Gasteiger partial charge on any atom is -0.379 e. The number of rotatable bonds is 3. The standard InChI is InChI=1S/C11H16N2O3S/c1-10-3-2-4-11(9-10)17(14,15)12-13-5-7-16-8-6-13/h2-4,9,12H,5-8H2,1H3. The Morgan fingerprint density at radius 3 is 2.65 bits per heavy atom. The van der Waals surface area contributed by atoms with Crippen LogP contribution >= 0.6 is 0 Å². The molecule has 0 saturated carbocycles. The molecule has 94 valence electrons. The van der Waals surface area contributed by atoms with Crippen LogP contribution in [0.3, 0.4) is 0 Å². The van der Waals surface area contributed by atoms with Crippen LogP contribution in [0.25, 0.3) is 0 Å². The molecule has 0 spiro atoms. The van der Waals surface area contributed by atoms with Crippen molar-refractivity contribution < 1.29 is 13.2 Å². The minimum atomic E-state index is -3.46. The van der Waals surface area contributed by atoms with Gasteiger partial charge in [-0.3, -0.25) is 0 Å². The maximum atomic E-state index is 12.1. The van der Waals surface area contributed by atoms with Crippen LogP contribution in [-0.2, 0) is 14.8 Å². The van der Waals surface area contributed by atoms with Gasteiger partial charge in [-0.15, -0.1) is 4.83 Å². The molecule has 1 aliphatic heterocycles. The van der Waals surface area contributed by atoms with Crippen molar-refractivity contribution >= 4 is 10.0 Å². The van der Waals surface area contributed by atoms with Crippen LogP contribution in [0.15, 0.2) is 29.2 Å². The van der Waals surface area contributed by atoms with Gasteiger partial charge in [-0.05, 0) is 24.6 Å². The van der Waals surface area contributed by atoms with E-state index in [2.05, 4.69) is 4.83 Å². The number of nitrogens with zero attached hydrogens (tertiary/aromatic N) is 1. The zero-order valence-electron chi connectivity index (χ0n) is 9.72. The summed E-state index contributed by atoms with van der Waals surface area (Å²) in [6, 6.07) is 6.86. The fraction of sp³-hybridized carbons (Fsp3) is 0.455. The van der Waals surface area contributed by atoms with Gasteiger partial charge in [-0.1, -0.05) is 12.1 Å². The number of aryl methyl sites for hydroxylation is 1. The molecule has 1 aromatic carbocycles. The predicted molar refractivity (Wildman–Crippen MR) is 63.9 cm³/mol. The molecule has 1 saturated heterocycles. The Morgan fingerprint density at radius 2 is 2.00 bits per heavy atom. The van der Waals surface area contributed by atoms with Gasteiger partial charge in [0, 0.05) is 13.1 Å². The molecule has 1 aliphatic rings. The first-order valence-corrected chi connectivity index (χ1v) is 6.98. The van der Waals surface area contributed by atoms with Gasteiger partial charge in [0.15, 0.2) is 0 Å². The molecule has 1 fully saturated rings. The molecule has 0 amide bonds. The molecule has 0 aliphatic carbocycles. The molecule has 1 aromatic rings. The minimum absolute atomic E-state index is 0.295. The van der Waals surface area contributed by atoms with Crippen LogP contribution in [0.2, 0.25) is 0 Å². The first-order chi connectivity index (χ1) is 8.08. The Morgan fingerprint density at radius 1 is 1.29 bits per heavy atom. The highest BCUT2D eigenvalue weighted by molar-refractivity contribution is 7.89. The molecular formula is C11H16N2O3S. The fourth-order valence-electron chi connectivity index (χ4n) is 1.66. The van der Waals surface area contributed by atoms with Crippen molar-refractivity contribution in [3.63, 3.8) is 0 Å². The van der Waals surface area contributed by atoms with Crippen molar-refractivity contribution in [1.82, 2.24) is 9.84 Å². The molecule has 6 heteroatoms. The predicted octanol–water partition coefficient (Wildman–Crippen LogP) is 0.521. The second kappa shape index (κ2) is 5.14. The topological polar surface area (TPSA) is 58.6 Å². The molecule has 5 nitrogen and oxygen atoms in total. The van der Waals surface area contributed by atoms with E-state index in [1.807, 2.05) is 13.0 Å². The smallest absolute Gasteiger partial charge is 0.253 e. The summed E-state index contributed by atoms with van der Waals surface area (Å²) >= 11 is 0. The molecule has 0 aromatic heterocycles. The van der Waals surface area contributed by atoms with E-state index in [1.54, 1.807) is 23.2 Å². The van der Waals surface area contributed by atoms with E-state index >= 15 is 0 Å². The highest BCUT2D eigenvalue weighted by atomic mass is 32.2. The van der Waals surface area contributed by atoms with E-state index in [9.17, 15) is 8.42 Å². The molecule has 2 rings (SSSR count). The van der Waals surface area contributed by atoms with Gasteiger partial charge in [0.25, 0.3) is 10.0 Å². The quantitative estimate of drug-likeness (QED) is 0.856. The zero-order valence-corrected chi connectivity index (χ0v) is 10.5. The molecule has 17 heavy (non-hydrogen) atoms. The average Bonchev–Trinajstić information content (AvgIpc) is 2.30. The maximum absolute atomic E-state index is 12.1. The van der Waals surface area contributed by atoms with Crippen molar-refractivity contribution in [1.29, 1.82) is 0 Å². The van der Waals surface area contributed by atoms with Crippen LogP contribution in [0.4, 0.5) is 0 Å². The van der Waals surface area contributed by atoms with Crippen LogP contribution in [0.5, 0.6) is 0 Å². The van der Waals surface area contributed by atoms with Gasteiger partial charge in [0.2, 0.25) is 0 Å². The Hall–Kier alpha value is -0.950. The lowest BCUT2D eigenvalue weighted by molar-refractivity contribution is 0.0272. The van der Waals surface area contributed by atoms with Gasteiger partial charge < -0.3 is 4.74 Å². The van der Waals surface area contributed by atoms with E-state index in [-0.39, 0.29) is 0 Å². The largest absolute Gasteiger partial charge is 0.379 e. The number of morpholine rings is 1. The summed E-state index contributed by atoms with van der Waals surface area (Å²) in [6.45, 7) is 4.12. The van der Waals surface area contributed by atoms with Crippen molar-refractivity contribution in [3.8, 4) is 0 Å². The van der Waals surface area contributed by atoms with Gasteiger partial charge in [0.05, 0.1) is 18.1 Å². The summed E-state index contributed by atoms with van der Waals surface area (Å²) in [6.07, 6.45) is 0. The third-order valence-electron chi connectivity index (χ3n) is 2.56. The van der Waals surface area contributed by atoms with Crippen LogP contribution in [0, 0.1) is 6.92 Å². The van der Waals surface area contributed by atoms with E-state index in [0.717, 1.165) is 5.56 Å². The molecule has 0 radical (unpaired) electrons. The number of ether oxygens (including phenoxy) is 1. The number of sulfonamides is 1. The number of nitrogens with one attached hydrogen (secondary N) is 1. The second-order valence-electron chi connectivity index (χ2n) is 4.01. The fourth-order valence-corrected chi connectivity index (χ4v) is 2.89. The van der Waals surface area contributed by atoms with Crippen molar-refractivity contribution in [2.75, 3.05) is 26.3 Å². The van der Waals surface area contributed by atoms with Crippen LogP contribution < -0.4 is 4.83 Å². The van der Waals surface area contributed by atoms with Crippen molar-refractivity contribution in [2.45, 2.75) is 11.8 Å². The lowest BCUT2D eigenvalue weighted by atomic mass is 10.2. The lowest BCUT2D eigenvalue weighted by Crippen LogP contribution is -2.48. The molecule has 0 bridgehead atoms. The average molecular weight is 256 g/mol. The van der Waals surface area contributed by atoms with Gasteiger partial charge in [-0.2, -0.15) is 0 Å². The third kappa shape index (κ3) is 3.26. The maximum Gasteiger partial charge on any atom is 0.253 e. The van der Waals surface area contributed by atoms with E-state index < -0.39 is 10.0 Å². The Balaban J connectivity index is 2.13. The summed E-state index contributed by atoms with van der Waals surface area (Å²) in [5.41, 5.74) is 0.926. The summed E-state index contributed by atoms with van der Waals surface area (Å²) in [5, 5.41) is 1.67. The molecule has 0 unspecified atom stereocenters. The van der Waals surface area contributed by atoms with Gasteiger partial charge in [-0.25, -0.2) is 13.4 Å². The van der Waals surface area contributed by atoms with Crippen LogP contribution in [0.1, 0.15) is 5.56 Å². The van der Waals surface area contributed by atoms with Crippen molar-refractivity contribution in [3.05, 3.63) is 29.8 Å². The Labute approximate surface area is 101 Å². The summed E-state index contributed by atoms with van der Waals surface area (Å²) in [7, 11) is -3.46. The number of hydrogen-bond donors (Lipinski definition) is 1. The van der Waals surface area contributed by atoms with E-state index in [4.69, 9.17) is 4.74 Å². The summed E-state index contributed by atoms with van der Waals surface area (Å²) in [4.78, 5) is 2.86. The normalized spacial score (nSPS) is 18.2. The monoisotopic (exact) mass is 256 g/mol. The van der Waals surface area contributed by atoms with Crippen molar-refractivity contribution in [2.24, 2.45) is 0 Å². The number of benzene rings is 1. The number of hydrazine groups is 1. The first kappa shape index (κ1) is 12.5. The highest BCUT2D eigenvalue weighted by Crippen LogP contribution is 2.11. The molecular weight excluding hydrogens is 240 g/mol. The lowest BCUT2D eigenvalue weighted by Gasteiger charge is -2.26. The first-order valence-electron chi connectivity index (χ1n) is 5.50. The van der Waals surface area contributed by atoms with Crippen LogP contribution in [-0.4, -0.2) is 39.7 Å². The SMILES string of the molecule is Cc1cccc(S(=O)(=O)NN2CCOCC2)c1. The van der Waals surface area contributed by atoms with Gasteiger partial charge in [0.1, 0.15) is 0 Å². The molecule has 1 N–H and O–H groups in total.